The van der Waals surface area contributed by atoms with E-state index in [1.165, 1.54) is 15.6 Å². The zero-order chi connectivity index (χ0) is 25.9. The highest BCUT2D eigenvalue weighted by atomic mass is 35.5. The third kappa shape index (κ3) is 5.94. The molecule has 1 unspecified atom stereocenters. The fourth-order valence-corrected chi connectivity index (χ4v) is 7.70. The molecule has 0 bridgehead atoms. The van der Waals surface area contributed by atoms with Crippen LogP contribution in [0, 0.1) is 0 Å². The largest absolute Gasteiger partial charge is 0.342 e. The van der Waals surface area contributed by atoms with Crippen LogP contribution in [0.25, 0.3) is 0 Å². The van der Waals surface area contributed by atoms with Gasteiger partial charge in [-0.3, -0.25) is 14.5 Å². The van der Waals surface area contributed by atoms with Gasteiger partial charge in [0.05, 0.1) is 12.1 Å². The van der Waals surface area contributed by atoms with E-state index >= 15 is 0 Å². The Morgan fingerprint density at radius 1 is 1.00 bits per heavy atom. The SMILES string of the molecule is CCC(C)(NC(=O)c1ccc(Cl)cc1)c1ccc(S(=O)(=O)N2CCN(CC(=O)N3CCCC3)CC2)s1. The van der Waals surface area contributed by atoms with Crippen molar-refractivity contribution in [2.75, 3.05) is 45.8 Å². The standard InChI is InChI=1S/C25H33ClN4O4S2/c1-3-25(2,27-24(32)19-6-8-20(26)9-7-19)21-10-11-23(35-21)36(33,34)30-16-14-28(15-17-30)18-22(31)29-12-4-5-13-29/h6-11H,3-5,12-18H2,1-2H3,(H,27,32). The minimum Gasteiger partial charge on any atom is -0.342 e. The fraction of sp³-hybridized carbons (Fsp3) is 0.520. The maximum atomic E-state index is 13.4. The van der Waals surface area contributed by atoms with Crippen LogP contribution in [0.15, 0.2) is 40.6 Å². The van der Waals surface area contributed by atoms with E-state index in [1.54, 1.807) is 36.4 Å². The summed E-state index contributed by atoms with van der Waals surface area (Å²) in [5.41, 5.74) is -0.228. The zero-order valence-electron chi connectivity index (χ0n) is 20.7. The number of benzene rings is 1. The van der Waals surface area contributed by atoms with Crippen molar-refractivity contribution in [1.29, 1.82) is 0 Å². The number of halogens is 1. The molecule has 0 spiro atoms. The number of hydrogen-bond donors (Lipinski definition) is 1. The van der Waals surface area contributed by atoms with Gasteiger partial charge in [-0.25, -0.2) is 8.42 Å². The van der Waals surface area contributed by atoms with E-state index in [0.29, 0.717) is 49.7 Å². The summed E-state index contributed by atoms with van der Waals surface area (Å²) in [4.78, 5) is 30.0. The van der Waals surface area contributed by atoms with Gasteiger partial charge in [0.1, 0.15) is 4.21 Å². The van der Waals surface area contributed by atoms with Crippen molar-refractivity contribution in [3.8, 4) is 0 Å². The molecular weight excluding hydrogens is 520 g/mol. The monoisotopic (exact) mass is 552 g/mol. The van der Waals surface area contributed by atoms with Gasteiger partial charge in [0.15, 0.2) is 0 Å². The van der Waals surface area contributed by atoms with Crippen molar-refractivity contribution in [3.05, 3.63) is 51.9 Å². The van der Waals surface area contributed by atoms with E-state index in [2.05, 4.69) is 5.32 Å². The number of nitrogens with zero attached hydrogens (tertiary/aromatic N) is 3. The van der Waals surface area contributed by atoms with Gasteiger partial charge in [0.2, 0.25) is 5.91 Å². The van der Waals surface area contributed by atoms with Crippen LogP contribution in [0.2, 0.25) is 5.02 Å². The molecule has 8 nitrogen and oxygen atoms in total. The second kappa shape index (κ2) is 11.2. The maximum Gasteiger partial charge on any atom is 0.252 e. The number of sulfonamides is 1. The first-order valence-corrected chi connectivity index (χ1v) is 14.9. The number of rotatable bonds is 8. The molecule has 1 N–H and O–H groups in total. The third-order valence-electron chi connectivity index (χ3n) is 7.07. The minimum absolute atomic E-state index is 0.131. The minimum atomic E-state index is -3.66. The van der Waals surface area contributed by atoms with Crippen molar-refractivity contribution in [2.24, 2.45) is 0 Å². The molecule has 4 rings (SSSR count). The van der Waals surface area contributed by atoms with Crippen LogP contribution in [0.1, 0.15) is 48.3 Å². The van der Waals surface area contributed by atoms with Crippen LogP contribution < -0.4 is 5.32 Å². The predicted octanol–water partition coefficient (Wildman–Crippen LogP) is 3.39. The molecule has 11 heteroatoms. The quantitative estimate of drug-likeness (QED) is 0.542. The smallest absolute Gasteiger partial charge is 0.252 e. The van der Waals surface area contributed by atoms with Gasteiger partial charge in [-0.05, 0) is 62.6 Å². The van der Waals surface area contributed by atoms with E-state index in [1.807, 2.05) is 23.6 Å². The Kier molecular flexibility index (Phi) is 8.41. The van der Waals surface area contributed by atoms with Crippen molar-refractivity contribution in [1.82, 2.24) is 19.4 Å². The molecule has 1 aromatic carbocycles. The van der Waals surface area contributed by atoms with Crippen molar-refractivity contribution < 1.29 is 18.0 Å². The number of piperazine rings is 1. The molecule has 2 amide bonds. The number of nitrogens with one attached hydrogen (secondary N) is 1. The van der Waals surface area contributed by atoms with Gasteiger partial charge in [-0.15, -0.1) is 11.3 Å². The van der Waals surface area contributed by atoms with E-state index < -0.39 is 15.6 Å². The van der Waals surface area contributed by atoms with Crippen LogP contribution in [0.5, 0.6) is 0 Å². The average molecular weight is 553 g/mol. The molecule has 196 valence electrons. The van der Waals surface area contributed by atoms with E-state index in [4.69, 9.17) is 11.6 Å². The summed E-state index contributed by atoms with van der Waals surface area (Å²) < 4.78 is 28.5. The number of carbonyl (C=O) groups excluding carboxylic acids is 2. The number of amides is 2. The Morgan fingerprint density at radius 2 is 1.64 bits per heavy atom. The first-order chi connectivity index (χ1) is 17.1. The second-order valence-corrected chi connectivity index (χ2v) is 13.2. The molecular formula is C25H33ClN4O4S2. The summed E-state index contributed by atoms with van der Waals surface area (Å²) in [6.45, 7) is 7.61. The topological polar surface area (TPSA) is 90.0 Å². The first-order valence-electron chi connectivity index (χ1n) is 12.3. The van der Waals surface area contributed by atoms with Gasteiger partial charge < -0.3 is 10.2 Å². The molecule has 2 aromatic rings. The zero-order valence-corrected chi connectivity index (χ0v) is 23.1. The average Bonchev–Trinajstić information content (AvgIpc) is 3.58. The van der Waals surface area contributed by atoms with E-state index in [0.717, 1.165) is 30.8 Å². The highest BCUT2D eigenvalue weighted by Gasteiger charge is 2.34. The maximum absolute atomic E-state index is 13.4. The Hall–Kier alpha value is -1.98. The summed E-state index contributed by atoms with van der Waals surface area (Å²) in [7, 11) is -3.66. The van der Waals surface area contributed by atoms with Gasteiger partial charge in [-0.1, -0.05) is 18.5 Å². The Morgan fingerprint density at radius 3 is 2.25 bits per heavy atom. The van der Waals surface area contributed by atoms with Crippen LogP contribution >= 0.6 is 22.9 Å². The molecule has 0 saturated carbocycles. The third-order valence-corrected chi connectivity index (χ3v) is 11.0. The van der Waals surface area contributed by atoms with E-state index in [-0.39, 0.29) is 16.0 Å². The van der Waals surface area contributed by atoms with Crippen molar-refractivity contribution >= 4 is 44.8 Å². The Balaban J connectivity index is 1.39. The normalized spacial score (nSPS) is 19.2. The molecule has 2 aliphatic heterocycles. The molecule has 0 radical (unpaired) electrons. The number of carbonyl (C=O) groups is 2. The van der Waals surface area contributed by atoms with E-state index in [9.17, 15) is 18.0 Å². The highest BCUT2D eigenvalue weighted by molar-refractivity contribution is 7.91. The molecule has 2 aliphatic rings. The molecule has 36 heavy (non-hydrogen) atoms. The Bertz CT molecular complexity index is 1190. The number of hydrogen-bond acceptors (Lipinski definition) is 6. The van der Waals surface area contributed by atoms with Crippen LogP contribution in [0.3, 0.4) is 0 Å². The van der Waals surface area contributed by atoms with Crippen molar-refractivity contribution in [2.45, 2.75) is 42.9 Å². The lowest BCUT2D eigenvalue weighted by molar-refractivity contribution is -0.131. The molecule has 3 heterocycles. The van der Waals surface area contributed by atoms with Gasteiger partial charge in [0, 0.05) is 54.7 Å². The first kappa shape index (κ1) is 27.1. The lowest BCUT2D eigenvalue weighted by Crippen LogP contribution is -2.51. The van der Waals surface area contributed by atoms with Gasteiger partial charge in [-0.2, -0.15) is 4.31 Å². The lowest BCUT2D eigenvalue weighted by Gasteiger charge is -2.34. The van der Waals surface area contributed by atoms with Crippen LogP contribution in [-0.4, -0.2) is 80.2 Å². The summed E-state index contributed by atoms with van der Waals surface area (Å²) in [6, 6.07) is 10.1. The summed E-state index contributed by atoms with van der Waals surface area (Å²) in [5.74, 6) is -0.111. The Labute approximate surface area is 222 Å². The van der Waals surface area contributed by atoms with Crippen LogP contribution in [-0.2, 0) is 20.4 Å². The molecule has 1 atom stereocenters. The van der Waals surface area contributed by atoms with Gasteiger partial charge in [0.25, 0.3) is 15.9 Å². The molecule has 2 saturated heterocycles. The van der Waals surface area contributed by atoms with Crippen LogP contribution in [0.4, 0.5) is 0 Å². The predicted molar refractivity (Wildman–Crippen MR) is 142 cm³/mol. The molecule has 0 aliphatic carbocycles. The highest BCUT2D eigenvalue weighted by Crippen LogP contribution is 2.34. The molecule has 2 fully saturated rings. The number of likely N-dealkylation sites (tertiary alicyclic amines) is 1. The second-order valence-electron chi connectivity index (χ2n) is 9.53. The lowest BCUT2D eigenvalue weighted by atomic mass is 9.96. The number of thiophene rings is 1. The fourth-order valence-electron chi connectivity index (χ4n) is 4.52. The summed E-state index contributed by atoms with van der Waals surface area (Å²) in [5, 5.41) is 3.62. The summed E-state index contributed by atoms with van der Waals surface area (Å²) >= 11 is 7.12. The van der Waals surface area contributed by atoms with Gasteiger partial charge >= 0.3 is 0 Å². The summed E-state index contributed by atoms with van der Waals surface area (Å²) in [6.07, 6.45) is 2.71. The molecule has 1 aromatic heterocycles. The van der Waals surface area contributed by atoms with Crippen molar-refractivity contribution in [3.63, 3.8) is 0 Å².